The van der Waals surface area contributed by atoms with Crippen molar-refractivity contribution in [2.75, 3.05) is 0 Å². The molecule has 4 aliphatic carbocycles. The van der Waals surface area contributed by atoms with Crippen LogP contribution in [0, 0.1) is 17.3 Å². The van der Waals surface area contributed by atoms with Gasteiger partial charge in [-0.25, -0.2) is 0 Å². The fourth-order valence-corrected chi connectivity index (χ4v) is 6.59. The van der Waals surface area contributed by atoms with Crippen LogP contribution in [0.4, 0.5) is 0 Å². The van der Waals surface area contributed by atoms with E-state index in [9.17, 15) is 14.4 Å². The quantitative estimate of drug-likeness (QED) is 0.700. The van der Waals surface area contributed by atoms with Gasteiger partial charge in [-0.1, -0.05) is 12.5 Å². The minimum absolute atomic E-state index is 0.00606. The Kier molecular flexibility index (Phi) is 4.01. The molecular formula is C22H28O4. The lowest BCUT2D eigenvalue weighted by atomic mass is 9.54. The summed E-state index contributed by atoms with van der Waals surface area (Å²) in [5.41, 5.74) is 2.96. The van der Waals surface area contributed by atoms with Crippen LogP contribution in [-0.4, -0.2) is 23.1 Å². The third-order valence-corrected chi connectivity index (χ3v) is 7.74. The molecule has 140 valence electrons. The van der Waals surface area contributed by atoms with Crippen molar-refractivity contribution in [3.8, 4) is 0 Å². The van der Waals surface area contributed by atoms with E-state index in [1.807, 2.05) is 6.08 Å². The molecule has 0 saturated heterocycles. The molecule has 0 heterocycles. The maximum absolute atomic E-state index is 12.7. The van der Waals surface area contributed by atoms with Gasteiger partial charge in [0.2, 0.25) is 0 Å². The molecule has 4 nitrogen and oxygen atoms in total. The normalized spacial score (nSPS) is 38.9. The van der Waals surface area contributed by atoms with Crippen molar-refractivity contribution in [3.05, 3.63) is 22.8 Å². The van der Waals surface area contributed by atoms with Crippen LogP contribution in [0.1, 0.15) is 72.1 Å². The second kappa shape index (κ2) is 5.90. The number of ether oxygens (including phenoxy) is 1. The van der Waals surface area contributed by atoms with Crippen LogP contribution in [0.25, 0.3) is 0 Å². The number of carbonyl (C=O) groups excluding carboxylic acids is 3. The number of carbonyl (C=O) groups is 3. The van der Waals surface area contributed by atoms with Gasteiger partial charge < -0.3 is 4.74 Å². The third kappa shape index (κ3) is 2.30. The minimum atomic E-state index is -0.960. The fourth-order valence-electron chi connectivity index (χ4n) is 6.59. The molecule has 0 aliphatic heterocycles. The Balaban J connectivity index is 1.74. The molecule has 4 aliphatic rings. The van der Waals surface area contributed by atoms with Gasteiger partial charge in [0.25, 0.3) is 0 Å². The molecule has 4 rings (SSSR count). The topological polar surface area (TPSA) is 60.4 Å². The summed E-state index contributed by atoms with van der Waals surface area (Å²) in [5.74, 6) is 0.737. The molecule has 4 heteroatoms. The van der Waals surface area contributed by atoms with E-state index in [4.69, 9.17) is 4.74 Å². The summed E-state index contributed by atoms with van der Waals surface area (Å²) in [6.45, 7) is 5.17. The Morgan fingerprint density at radius 3 is 2.54 bits per heavy atom. The van der Waals surface area contributed by atoms with E-state index in [1.165, 1.54) is 23.6 Å². The molecule has 0 radical (unpaired) electrons. The van der Waals surface area contributed by atoms with Crippen molar-refractivity contribution < 1.29 is 19.1 Å². The molecular weight excluding hydrogens is 328 g/mol. The average molecular weight is 356 g/mol. The van der Waals surface area contributed by atoms with Crippen molar-refractivity contribution in [1.29, 1.82) is 0 Å². The monoisotopic (exact) mass is 356 g/mol. The Hall–Kier alpha value is -1.71. The van der Waals surface area contributed by atoms with Crippen molar-refractivity contribution in [1.82, 2.24) is 0 Å². The molecule has 26 heavy (non-hydrogen) atoms. The molecule has 0 aromatic heterocycles. The van der Waals surface area contributed by atoms with Crippen LogP contribution in [0.5, 0.6) is 0 Å². The number of allylic oxidation sites excluding steroid dienone is 4. The summed E-state index contributed by atoms with van der Waals surface area (Å²) >= 11 is 0. The van der Waals surface area contributed by atoms with Crippen molar-refractivity contribution in [2.45, 2.75) is 77.7 Å². The second-order valence-corrected chi connectivity index (χ2v) is 8.82. The summed E-state index contributed by atoms with van der Waals surface area (Å²) in [4.78, 5) is 36.2. The number of ketones is 2. The van der Waals surface area contributed by atoms with Crippen molar-refractivity contribution >= 4 is 17.5 Å². The number of hydrogen-bond acceptors (Lipinski definition) is 4. The smallest absolute Gasteiger partial charge is 0.303 e. The highest BCUT2D eigenvalue weighted by atomic mass is 16.6. The van der Waals surface area contributed by atoms with Gasteiger partial charge in [-0.3, -0.25) is 14.4 Å². The van der Waals surface area contributed by atoms with Crippen LogP contribution in [0.15, 0.2) is 22.8 Å². The van der Waals surface area contributed by atoms with E-state index in [2.05, 4.69) is 6.92 Å². The lowest BCUT2D eigenvalue weighted by molar-refractivity contribution is -0.181. The first kappa shape index (κ1) is 17.7. The SMILES string of the molecule is CC(=O)O[C@]1(C(C)=O)CCC2C3CCC4=CC(=O)CCC4=C3CCC21C. The first-order valence-electron chi connectivity index (χ1n) is 9.95. The molecule has 2 fully saturated rings. The van der Waals surface area contributed by atoms with Crippen LogP contribution in [0.2, 0.25) is 0 Å². The highest BCUT2D eigenvalue weighted by molar-refractivity contribution is 5.93. The molecule has 0 N–H and O–H groups in total. The van der Waals surface area contributed by atoms with Crippen molar-refractivity contribution in [3.63, 3.8) is 0 Å². The van der Waals surface area contributed by atoms with Crippen molar-refractivity contribution in [2.24, 2.45) is 17.3 Å². The fraction of sp³-hybridized carbons (Fsp3) is 0.682. The number of rotatable bonds is 2. The zero-order chi connectivity index (χ0) is 18.7. The Bertz CT molecular complexity index is 758. The molecule has 0 aromatic carbocycles. The zero-order valence-electron chi connectivity index (χ0n) is 16.0. The maximum Gasteiger partial charge on any atom is 0.303 e. The van der Waals surface area contributed by atoms with E-state index < -0.39 is 5.60 Å². The zero-order valence-corrected chi connectivity index (χ0v) is 16.0. The number of fused-ring (bicyclic) bond motifs is 4. The summed E-state index contributed by atoms with van der Waals surface area (Å²) < 4.78 is 5.77. The van der Waals surface area contributed by atoms with Crippen LogP contribution in [-0.2, 0) is 19.1 Å². The van der Waals surface area contributed by atoms with Gasteiger partial charge in [0.05, 0.1) is 0 Å². The van der Waals surface area contributed by atoms with Crippen LogP contribution >= 0.6 is 0 Å². The van der Waals surface area contributed by atoms with Crippen LogP contribution < -0.4 is 0 Å². The van der Waals surface area contributed by atoms with Gasteiger partial charge in [0, 0.05) is 18.8 Å². The number of esters is 1. The minimum Gasteiger partial charge on any atom is -0.451 e. The van der Waals surface area contributed by atoms with Gasteiger partial charge >= 0.3 is 5.97 Å². The first-order chi connectivity index (χ1) is 12.3. The summed E-state index contributed by atoms with van der Waals surface area (Å²) in [6.07, 6.45) is 8.78. The lowest BCUT2D eigenvalue weighted by Gasteiger charge is -2.52. The summed E-state index contributed by atoms with van der Waals surface area (Å²) in [7, 11) is 0. The van der Waals surface area contributed by atoms with Gasteiger partial charge in [0.15, 0.2) is 17.2 Å². The number of hydrogen-bond donors (Lipinski definition) is 0. The van der Waals surface area contributed by atoms with E-state index >= 15 is 0 Å². The Morgan fingerprint density at radius 2 is 1.85 bits per heavy atom. The highest BCUT2D eigenvalue weighted by Gasteiger charge is 2.65. The average Bonchev–Trinajstić information content (AvgIpc) is 2.87. The summed E-state index contributed by atoms with van der Waals surface area (Å²) in [6, 6.07) is 0. The molecule has 4 atom stereocenters. The van der Waals surface area contributed by atoms with Gasteiger partial charge in [0.1, 0.15) is 0 Å². The summed E-state index contributed by atoms with van der Waals surface area (Å²) in [5, 5.41) is 0. The number of Topliss-reactive ketones (excluding diaryl/α,β-unsaturated/α-hetero) is 1. The predicted octanol–water partition coefficient (Wildman–Crippen LogP) is 4.08. The molecule has 0 aromatic rings. The molecule has 0 amide bonds. The first-order valence-corrected chi connectivity index (χ1v) is 9.95. The predicted molar refractivity (Wildman–Crippen MR) is 97.3 cm³/mol. The molecule has 3 unspecified atom stereocenters. The standard InChI is InChI=1S/C22H28O4/c1-13(23)22(26-14(2)24)11-9-20-19-6-4-15-12-16(25)5-7-17(15)18(19)8-10-21(20,22)3/h12,19-20H,4-11H2,1-3H3/t19?,20?,21?,22-/m0/s1. The van der Waals surface area contributed by atoms with E-state index in [-0.39, 0.29) is 23.0 Å². The van der Waals surface area contributed by atoms with E-state index in [0.29, 0.717) is 24.7 Å². The molecule has 2 saturated carbocycles. The second-order valence-electron chi connectivity index (χ2n) is 8.82. The lowest BCUT2D eigenvalue weighted by Crippen LogP contribution is -2.55. The van der Waals surface area contributed by atoms with Gasteiger partial charge in [-0.15, -0.1) is 0 Å². The van der Waals surface area contributed by atoms with Gasteiger partial charge in [-0.05, 0) is 80.9 Å². The van der Waals surface area contributed by atoms with E-state index in [0.717, 1.165) is 38.5 Å². The maximum atomic E-state index is 12.7. The molecule has 0 bridgehead atoms. The molecule has 0 spiro atoms. The van der Waals surface area contributed by atoms with Crippen LogP contribution in [0.3, 0.4) is 0 Å². The Morgan fingerprint density at radius 1 is 1.08 bits per heavy atom. The third-order valence-electron chi connectivity index (χ3n) is 7.74. The van der Waals surface area contributed by atoms with E-state index in [1.54, 1.807) is 6.92 Å². The largest absolute Gasteiger partial charge is 0.451 e. The van der Waals surface area contributed by atoms with Gasteiger partial charge in [-0.2, -0.15) is 0 Å². The Labute approximate surface area is 155 Å². The highest BCUT2D eigenvalue weighted by Crippen LogP contribution is 2.64.